The molecule has 0 rings (SSSR count). The number of allylic oxidation sites excluding steroid dienone is 4. The van der Waals surface area contributed by atoms with E-state index in [0.717, 1.165) is 25.7 Å². The molecule has 2 nitrogen and oxygen atoms in total. The third kappa shape index (κ3) is 17.0. The van der Waals surface area contributed by atoms with Crippen LogP contribution < -0.4 is 0 Å². The van der Waals surface area contributed by atoms with E-state index >= 15 is 0 Å². The molecule has 2 heteroatoms. The van der Waals surface area contributed by atoms with E-state index in [1.807, 2.05) is 0 Å². The second-order valence-corrected chi connectivity index (χ2v) is 5.91. The first-order valence-corrected chi connectivity index (χ1v) is 9.18. The van der Waals surface area contributed by atoms with Gasteiger partial charge < -0.3 is 4.74 Å². The highest BCUT2D eigenvalue weighted by molar-refractivity contribution is 5.68. The van der Waals surface area contributed by atoms with E-state index < -0.39 is 0 Å². The van der Waals surface area contributed by atoms with Gasteiger partial charge in [-0.1, -0.05) is 69.8 Å². The number of esters is 1. The summed E-state index contributed by atoms with van der Waals surface area (Å²) in [5, 5.41) is 0. The van der Waals surface area contributed by atoms with Crippen LogP contribution in [0.5, 0.6) is 0 Å². The summed E-state index contributed by atoms with van der Waals surface area (Å²) in [5.41, 5.74) is 0. The molecule has 0 N–H and O–H groups in total. The summed E-state index contributed by atoms with van der Waals surface area (Å²) in [6, 6.07) is 0. The Morgan fingerprint density at radius 1 is 0.773 bits per heavy atom. The molecule has 0 aliphatic rings. The summed E-state index contributed by atoms with van der Waals surface area (Å²) in [7, 11) is 1.45. The first-order valence-electron chi connectivity index (χ1n) is 9.18. The quantitative estimate of drug-likeness (QED) is 0.200. The zero-order valence-electron chi connectivity index (χ0n) is 14.8. The molecule has 0 saturated carbocycles. The number of rotatable bonds is 15. The molecule has 0 aliphatic heterocycles. The minimum Gasteiger partial charge on any atom is -0.469 e. The molecular weight excluding hydrogens is 272 g/mol. The molecule has 0 atom stereocenters. The van der Waals surface area contributed by atoms with Gasteiger partial charge in [0, 0.05) is 6.42 Å². The maximum atomic E-state index is 10.9. The fourth-order valence-electron chi connectivity index (χ4n) is 2.36. The van der Waals surface area contributed by atoms with Crippen LogP contribution in [0, 0.1) is 0 Å². The summed E-state index contributed by atoms with van der Waals surface area (Å²) in [6.45, 7) is 2.27. The molecule has 0 spiro atoms. The van der Waals surface area contributed by atoms with E-state index in [1.54, 1.807) is 0 Å². The highest BCUT2D eigenvalue weighted by Crippen LogP contribution is 2.09. The Balaban J connectivity index is 3.22. The van der Waals surface area contributed by atoms with Gasteiger partial charge in [0.1, 0.15) is 0 Å². The van der Waals surface area contributed by atoms with Crippen LogP contribution in [0.25, 0.3) is 0 Å². The second kappa shape index (κ2) is 18.0. The van der Waals surface area contributed by atoms with Gasteiger partial charge in [-0.2, -0.15) is 0 Å². The molecule has 0 radical (unpaired) electrons. The Morgan fingerprint density at radius 3 is 1.91 bits per heavy atom. The predicted octanol–water partition coefficient (Wildman–Crippen LogP) is 6.36. The lowest BCUT2D eigenvalue weighted by atomic mass is 10.1. The maximum absolute atomic E-state index is 10.9. The molecule has 0 aromatic heterocycles. The van der Waals surface area contributed by atoms with E-state index in [0.29, 0.717) is 6.42 Å². The standard InChI is InChI=1S/C20H36O2/c1-3-4-5-6-7-8-9-10-11-12-13-14-15-16-17-18-19-20(21)22-2/h11-12,14-15H,3-10,13,16-19H2,1-2H3/b12-11-,15-14-. The molecule has 0 aromatic carbocycles. The molecule has 128 valence electrons. The molecule has 0 unspecified atom stereocenters. The topological polar surface area (TPSA) is 26.3 Å². The minimum atomic E-state index is -0.0997. The molecule has 0 heterocycles. The van der Waals surface area contributed by atoms with Crippen molar-refractivity contribution >= 4 is 5.97 Å². The van der Waals surface area contributed by atoms with Gasteiger partial charge in [0.05, 0.1) is 7.11 Å². The van der Waals surface area contributed by atoms with Crippen LogP contribution >= 0.6 is 0 Å². The van der Waals surface area contributed by atoms with E-state index in [-0.39, 0.29) is 5.97 Å². The first kappa shape index (κ1) is 20.9. The Labute approximate surface area is 138 Å². The van der Waals surface area contributed by atoms with Gasteiger partial charge in [0.15, 0.2) is 0 Å². The van der Waals surface area contributed by atoms with Crippen molar-refractivity contribution in [3.05, 3.63) is 24.3 Å². The van der Waals surface area contributed by atoms with Gasteiger partial charge in [0.25, 0.3) is 0 Å². The van der Waals surface area contributed by atoms with Crippen LogP contribution in [0.2, 0.25) is 0 Å². The fourth-order valence-corrected chi connectivity index (χ4v) is 2.36. The molecule has 0 fully saturated rings. The van der Waals surface area contributed by atoms with Crippen LogP contribution in [-0.4, -0.2) is 13.1 Å². The van der Waals surface area contributed by atoms with Crippen molar-refractivity contribution in [2.24, 2.45) is 0 Å². The van der Waals surface area contributed by atoms with Crippen molar-refractivity contribution in [3.8, 4) is 0 Å². The Bertz CT molecular complexity index is 292. The van der Waals surface area contributed by atoms with E-state index in [1.165, 1.54) is 58.5 Å². The molecule has 0 bridgehead atoms. The maximum Gasteiger partial charge on any atom is 0.305 e. The zero-order valence-corrected chi connectivity index (χ0v) is 14.8. The zero-order chi connectivity index (χ0) is 16.3. The van der Waals surface area contributed by atoms with Crippen molar-refractivity contribution in [3.63, 3.8) is 0 Å². The SMILES string of the molecule is CCCCCCCCC/C=C\C/C=C\CCCCC(=O)OC. The van der Waals surface area contributed by atoms with Crippen LogP contribution in [0.4, 0.5) is 0 Å². The molecule has 0 aromatic rings. The van der Waals surface area contributed by atoms with Crippen LogP contribution in [0.15, 0.2) is 24.3 Å². The first-order chi connectivity index (χ1) is 10.8. The van der Waals surface area contributed by atoms with Gasteiger partial charge >= 0.3 is 5.97 Å². The average molecular weight is 309 g/mol. The number of ether oxygens (including phenoxy) is 1. The largest absolute Gasteiger partial charge is 0.469 e. The van der Waals surface area contributed by atoms with E-state index in [2.05, 4.69) is 36.0 Å². The van der Waals surface area contributed by atoms with Gasteiger partial charge in [-0.15, -0.1) is 0 Å². The van der Waals surface area contributed by atoms with E-state index in [9.17, 15) is 4.79 Å². The Hall–Kier alpha value is -1.05. The van der Waals surface area contributed by atoms with E-state index in [4.69, 9.17) is 0 Å². The Kier molecular flexibility index (Phi) is 17.1. The molecule has 22 heavy (non-hydrogen) atoms. The van der Waals surface area contributed by atoms with Crippen LogP contribution in [-0.2, 0) is 9.53 Å². The molecule has 0 amide bonds. The van der Waals surface area contributed by atoms with Gasteiger partial charge in [-0.05, 0) is 38.5 Å². The number of unbranched alkanes of at least 4 members (excludes halogenated alkanes) is 9. The van der Waals surface area contributed by atoms with Crippen molar-refractivity contribution in [1.29, 1.82) is 0 Å². The van der Waals surface area contributed by atoms with Gasteiger partial charge in [-0.3, -0.25) is 4.79 Å². The normalized spacial score (nSPS) is 11.5. The lowest BCUT2D eigenvalue weighted by Gasteiger charge is -1.98. The smallest absolute Gasteiger partial charge is 0.305 e. The van der Waals surface area contributed by atoms with Gasteiger partial charge in [0.2, 0.25) is 0 Å². The summed E-state index contributed by atoms with van der Waals surface area (Å²) in [6.07, 6.45) is 24.5. The third-order valence-corrected chi connectivity index (χ3v) is 3.81. The lowest BCUT2D eigenvalue weighted by Crippen LogP contribution is -1.98. The van der Waals surface area contributed by atoms with Crippen molar-refractivity contribution in [2.45, 2.75) is 90.4 Å². The summed E-state index contributed by atoms with van der Waals surface area (Å²) < 4.78 is 4.61. The average Bonchev–Trinajstić information content (AvgIpc) is 2.54. The lowest BCUT2D eigenvalue weighted by molar-refractivity contribution is -0.140. The highest BCUT2D eigenvalue weighted by Gasteiger charge is 1.97. The van der Waals surface area contributed by atoms with Crippen LogP contribution in [0.1, 0.15) is 90.4 Å². The number of hydrogen-bond acceptors (Lipinski definition) is 2. The number of carbonyl (C=O) groups is 1. The predicted molar refractivity (Wildman–Crippen MR) is 96.0 cm³/mol. The third-order valence-electron chi connectivity index (χ3n) is 3.81. The van der Waals surface area contributed by atoms with Gasteiger partial charge in [-0.25, -0.2) is 0 Å². The number of carbonyl (C=O) groups excluding carboxylic acids is 1. The Morgan fingerprint density at radius 2 is 1.32 bits per heavy atom. The highest BCUT2D eigenvalue weighted by atomic mass is 16.5. The van der Waals surface area contributed by atoms with Crippen molar-refractivity contribution < 1.29 is 9.53 Å². The minimum absolute atomic E-state index is 0.0997. The fraction of sp³-hybridized carbons (Fsp3) is 0.750. The molecule has 0 aliphatic carbocycles. The second-order valence-electron chi connectivity index (χ2n) is 5.91. The monoisotopic (exact) mass is 308 g/mol. The summed E-state index contributed by atoms with van der Waals surface area (Å²) in [5.74, 6) is -0.0997. The van der Waals surface area contributed by atoms with Crippen LogP contribution in [0.3, 0.4) is 0 Å². The summed E-state index contributed by atoms with van der Waals surface area (Å²) in [4.78, 5) is 10.9. The molecular formula is C20H36O2. The molecule has 0 saturated heterocycles. The number of methoxy groups -OCH3 is 1. The number of hydrogen-bond donors (Lipinski definition) is 0. The summed E-state index contributed by atoms with van der Waals surface area (Å²) >= 11 is 0. The van der Waals surface area contributed by atoms with Crippen molar-refractivity contribution in [1.82, 2.24) is 0 Å². The van der Waals surface area contributed by atoms with Crippen molar-refractivity contribution in [2.75, 3.05) is 7.11 Å².